The molecule has 1 aliphatic heterocycles. The van der Waals surface area contributed by atoms with Crippen LogP contribution in [0.2, 0.25) is 0 Å². The predicted molar refractivity (Wildman–Crippen MR) is 113 cm³/mol. The van der Waals surface area contributed by atoms with Crippen LogP contribution in [0.1, 0.15) is 56.4 Å². The second-order valence-electron chi connectivity index (χ2n) is 7.14. The number of thioether (sulfide) groups is 1. The van der Waals surface area contributed by atoms with Gasteiger partial charge in [-0.15, -0.1) is 11.6 Å². The number of benzene rings is 1. The van der Waals surface area contributed by atoms with Crippen molar-refractivity contribution in [3.63, 3.8) is 0 Å². The summed E-state index contributed by atoms with van der Waals surface area (Å²) in [5.74, 6) is 1.09. The number of allylic oxidation sites excluding steroid dienone is 3. The molecule has 1 nitrogen and oxygen atoms in total. The van der Waals surface area contributed by atoms with E-state index in [1.807, 2.05) is 17.8 Å². The van der Waals surface area contributed by atoms with Crippen LogP contribution in [0.25, 0.3) is 10.9 Å². The Kier molecular flexibility index (Phi) is 6.01. The second-order valence-corrected chi connectivity index (χ2v) is 8.53. The molecule has 0 fully saturated rings. The van der Waals surface area contributed by atoms with Crippen molar-refractivity contribution in [3.05, 3.63) is 52.1 Å². The van der Waals surface area contributed by atoms with Crippen molar-refractivity contribution >= 4 is 34.3 Å². The van der Waals surface area contributed by atoms with Crippen LogP contribution in [0.4, 0.5) is 0 Å². The molecule has 0 atom stereocenters. The molecule has 0 bridgehead atoms. The van der Waals surface area contributed by atoms with Gasteiger partial charge < -0.3 is 4.57 Å². The van der Waals surface area contributed by atoms with Crippen molar-refractivity contribution < 1.29 is 0 Å². The Balaban J connectivity index is 2.24. The smallest absolute Gasteiger partial charge is 0.0499 e. The number of hydrogen-bond acceptors (Lipinski definition) is 1. The number of aromatic nitrogens is 1. The van der Waals surface area contributed by atoms with Gasteiger partial charge in [-0.1, -0.05) is 49.9 Å². The molecule has 0 N–H and O–H groups in total. The van der Waals surface area contributed by atoms with Gasteiger partial charge in [-0.05, 0) is 56.2 Å². The van der Waals surface area contributed by atoms with Crippen LogP contribution >= 0.6 is 23.4 Å². The van der Waals surface area contributed by atoms with Gasteiger partial charge in [-0.25, -0.2) is 0 Å². The number of alkyl halides is 1. The van der Waals surface area contributed by atoms with Crippen molar-refractivity contribution in [2.24, 2.45) is 0 Å². The van der Waals surface area contributed by atoms with Gasteiger partial charge >= 0.3 is 0 Å². The molecule has 2 heterocycles. The number of aryl methyl sites for hydroxylation is 2. The standard InChI is InChI=1S/C22H28ClNS/c1-5-17(9-8-11-23)25-22-19-10-6-7-12-24(19)20-14-16(4)13-18(15(2)3)21(20)22/h5,8-9,13-15H,6-7,10-12H2,1-4H3/b9-8-,17-5+. The highest BCUT2D eigenvalue weighted by Crippen LogP contribution is 2.44. The minimum absolute atomic E-state index is 0.527. The van der Waals surface area contributed by atoms with E-state index in [0.717, 1.165) is 6.54 Å². The third kappa shape index (κ3) is 3.71. The average Bonchev–Trinajstić information content (AvgIpc) is 2.91. The summed E-state index contributed by atoms with van der Waals surface area (Å²) in [7, 11) is 0. The SMILES string of the molecule is C/C=C(\C=C/CCl)Sc1c2n(c3cc(C)cc(C(C)C)c13)CCCC2. The van der Waals surface area contributed by atoms with E-state index in [1.165, 1.54) is 56.8 Å². The Labute approximate surface area is 161 Å². The average molecular weight is 374 g/mol. The first kappa shape index (κ1) is 18.7. The zero-order chi connectivity index (χ0) is 18.0. The van der Waals surface area contributed by atoms with Crippen molar-refractivity contribution in [2.75, 3.05) is 5.88 Å². The van der Waals surface area contributed by atoms with E-state index < -0.39 is 0 Å². The third-order valence-electron chi connectivity index (χ3n) is 4.94. The molecule has 1 aliphatic rings. The van der Waals surface area contributed by atoms with E-state index in [-0.39, 0.29) is 0 Å². The van der Waals surface area contributed by atoms with Crippen LogP contribution in [0.5, 0.6) is 0 Å². The van der Waals surface area contributed by atoms with Crippen LogP contribution in [-0.4, -0.2) is 10.4 Å². The molecule has 3 rings (SSSR count). The van der Waals surface area contributed by atoms with Gasteiger partial charge in [0.1, 0.15) is 0 Å². The van der Waals surface area contributed by atoms with Crippen molar-refractivity contribution in [3.8, 4) is 0 Å². The maximum atomic E-state index is 5.85. The highest BCUT2D eigenvalue weighted by molar-refractivity contribution is 8.03. The first-order chi connectivity index (χ1) is 12.1. The summed E-state index contributed by atoms with van der Waals surface area (Å²) in [4.78, 5) is 2.74. The number of nitrogens with zero attached hydrogens (tertiary/aromatic N) is 1. The van der Waals surface area contributed by atoms with E-state index in [1.54, 1.807) is 0 Å². The summed E-state index contributed by atoms with van der Waals surface area (Å²) in [5.41, 5.74) is 5.80. The molecule has 1 aromatic carbocycles. The molecule has 1 aromatic heterocycles. The fourth-order valence-electron chi connectivity index (χ4n) is 3.77. The van der Waals surface area contributed by atoms with E-state index in [4.69, 9.17) is 11.6 Å². The lowest BCUT2D eigenvalue weighted by molar-refractivity contribution is 0.538. The quantitative estimate of drug-likeness (QED) is 0.304. The van der Waals surface area contributed by atoms with E-state index in [2.05, 4.69) is 56.5 Å². The topological polar surface area (TPSA) is 4.93 Å². The molecule has 25 heavy (non-hydrogen) atoms. The molecule has 0 amide bonds. The van der Waals surface area contributed by atoms with Crippen LogP contribution in [0.3, 0.4) is 0 Å². The Hall–Kier alpha value is -1.12. The number of fused-ring (bicyclic) bond motifs is 3. The Morgan fingerprint density at radius 2 is 2.12 bits per heavy atom. The molecule has 134 valence electrons. The fraction of sp³-hybridized carbons (Fsp3) is 0.455. The molecular weight excluding hydrogens is 346 g/mol. The van der Waals surface area contributed by atoms with Crippen molar-refractivity contribution in [2.45, 2.75) is 64.3 Å². The van der Waals surface area contributed by atoms with Crippen LogP contribution in [0.15, 0.2) is 40.2 Å². The van der Waals surface area contributed by atoms with Gasteiger partial charge in [0.05, 0.1) is 0 Å². The van der Waals surface area contributed by atoms with Crippen molar-refractivity contribution in [1.29, 1.82) is 0 Å². The lowest BCUT2D eigenvalue weighted by Crippen LogP contribution is -2.09. The predicted octanol–water partition coefficient (Wildman–Crippen LogP) is 7.20. The molecule has 2 aromatic rings. The largest absolute Gasteiger partial charge is 0.343 e. The van der Waals surface area contributed by atoms with Gasteiger partial charge in [-0.3, -0.25) is 0 Å². The maximum Gasteiger partial charge on any atom is 0.0499 e. The zero-order valence-electron chi connectivity index (χ0n) is 15.7. The monoisotopic (exact) mass is 373 g/mol. The highest BCUT2D eigenvalue weighted by Gasteiger charge is 2.23. The summed E-state index contributed by atoms with van der Waals surface area (Å²) >= 11 is 7.76. The summed E-state index contributed by atoms with van der Waals surface area (Å²) < 4.78 is 2.58. The number of hydrogen-bond donors (Lipinski definition) is 0. The van der Waals surface area contributed by atoms with Crippen LogP contribution in [-0.2, 0) is 13.0 Å². The maximum absolute atomic E-state index is 5.85. The molecule has 0 saturated carbocycles. The molecular formula is C22H28ClNS. The van der Waals surface area contributed by atoms with Gasteiger partial charge in [-0.2, -0.15) is 0 Å². The van der Waals surface area contributed by atoms with Gasteiger partial charge in [0.2, 0.25) is 0 Å². The molecule has 0 saturated heterocycles. The van der Waals surface area contributed by atoms with E-state index >= 15 is 0 Å². The van der Waals surface area contributed by atoms with Gasteiger partial charge in [0.25, 0.3) is 0 Å². The molecule has 0 radical (unpaired) electrons. The Morgan fingerprint density at radius 1 is 1.32 bits per heavy atom. The first-order valence-corrected chi connectivity index (χ1v) is 10.6. The van der Waals surface area contributed by atoms with Gasteiger partial charge in [0.15, 0.2) is 0 Å². The first-order valence-electron chi connectivity index (χ1n) is 9.29. The number of halogens is 1. The summed E-state index contributed by atoms with van der Waals surface area (Å²) in [5, 5.41) is 1.47. The highest BCUT2D eigenvalue weighted by atomic mass is 35.5. The summed E-state index contributed by atoms with van der Waals surface area (Å²) in [6.07, 6.45) is 10.1. The van der Waals surface area contributed by atoms with Crippen LogP contribution < -0.4 is 0 Å². The van der Waals surface area contributed by atoms with E-state index in [9.17, 15) is 0 Å². The zero-order valence-corrected chi connectivity index (χ0v) is 17.3. The molecule has 0 unspecified atom stereocenters. The molecule has 0 spiro atoms. The summed E-state index contributed by atoms with van der Waals surface area (Å²) in [6, 6.07) is 4.76. The van der Waals surface area contributed by atoms with Crippen molar-refractivity contribution in [1.82, 2.24) is 4.57 Å². The second kappa shape index (κ2) is 8.05. The Bertz CT molecular complexity index is 826. The molecule has 0 aliphatic carbocycles. The Morgan fingerprint density at radius 3 is 2.80 bits per heavy atom. The van der Waals surface area contributed by atoms with Gasteiger partial charge in [0, 0.05) is 38.8 Å². The molecule has 3 heteroatoms. The lowest BCUT2D eigenvalue weighted by Gasteiger charge is -2.17. The fourth-order valence-corrected chi connectivity index (χ4v) is 5.03. The summed E-state index contributed by atoms with van der Waals surface area (Å²) in [6.45, 7) is 10.1. The minimum atomic E-state index is 0.527. The number of rotatable bonds is 5. The third-order valence-corrected chi connectivity index (χ3v) is 6.37. The van der Waals surface area contributed by atoms with Crippen LogP contribution in [0, 0.1) is 6.92 Å². The normalized spacial score (nSPS) is 15.5. The minimum Gasteiger partial charge on any atom is -0.343 e. The van der Waals surface area contributed by atoms with E-state index in [0.29, 0.717) is 11.8 Å². The lowest BCUT2D eigenvalue weighted by atomic mass is 9.97.